The van der Waals surface area contributed by atoms with Crippen molar-refractivity contribution in [2.75, 3.05) is 0 Å². The van der Waals surface area contributed by atoms with E-state index in [0.29, 0.717) is 11.7 Å². The Bertz CT molecular complexity index is 333. The Balaban J connectivity index is 1.96. The number of carboxylic acid groups (broad SMARTS) is 1. The fraction of sp³-hybridized carbons (Fsp3) is 0.417. The monoisotopic (exact) mass is 222 g/mol. The molecule has 0 radical (unpaired) electrons. The molecule has 1 aliphatic rings. The van der Waals surface area contributed by atoms with Crippen LogP contribution in [-0.4, -0.2) is 21.6 Å². The highest BCUT2D eigenvalue weighted by atomic mass is 32.2. The first kappa shape index (κ1) is 10.6. The maximum atomic E-state index is 11.0. The van der Waals surface area contributed by atoms with Crippen LogP contribution in [0.3, 0.4) is 0 Å². The second-order valence-electron chi connectivity index (χ2n) is 3.85. The SMILES string of the molecule is O=C(O)C(Cc1ccccc1)SC1CC1. The van der Waals surface area contributed by atoms with Gasteiger partial charge < -0.3 is 5.11 Å². The minimum atomic E-state index is -0.684. The lowest BCUT2D eigenvalue weighted by molar-refractivity contribution is -0.136. The molecule has 15 heavy (non-hydrogen) atoms. The number of carbonyl (C=O) groups is 1. The summed E-state index contributed by atoms with van der Waals surface area (Å²) < 4.78 is 0. The van der Waals surface area contributed by atoms with E-state index in [9.17, 15) is 4.79 Å². The van der Waals surface area contributed by atoms with Crippen LogP contribution in [0.15, 0.2) is 30.3 Å². The third kappa shape index (κ3) is 3.27. The van der Waals surface area contributed by atoms with Crippen molar-refractivity contribution < 1.29 is 9.90 Å². The first-order chi connectivity index (χ1) is 7.25. The van der Waals surface area contributed by atoms with Gasteiger partial charge in [-0.3, -0.25) is 4.79 Å². The number of hydrogen-bond acceptors (Lipinski definition) is 2. The molecule has 0 saturated heterocycles. The van der Waals surface area contributed by atoms with Crippen molar-refractivity contribution in [1.29, 1.82) is 0 Å². The molecule has 1 atom stereocenters. The molecule has 0 aromatic heterocycles. The van der Waals surface area contributed by atoms with Crippen LogP contribution in [0.4, 0.5) is 0 Å². The van der Waals surface area contributed by atoms with Crippen LogP contribution < -0.4 is 0 Å². The summed E-state index contributed by atoms with van der Waals surface area (Å²) in [5.41, 5.74) is 1.11. The molecule has 0 spiro atoms. The summed E-state index contributed by atoms with van der Waals surface area (Å²) in [5.74, 6) is -0.684. The molecule has 2 nitrogen and oxygen atoms in total. The summed E-state index contributed by atoms with van der Waals surface area (Å²) in [6.07, 6.45) is 3.00. The van der Waals surface area contributed by atoms with Gasteiger partial charge in [0.15, 0.2) is 0 Å². The van der Waals surface area contributed by atoms with Crippen molar-refractivity contribution in [3.8, 4) is 0 Å². The van der Waals surface area contributed by atoms with Gasteiger partial charge in [0.1, 0.15) is 5.25 Å². The van der Waals surface area contributed by atoms with Crippen LogP contribution in [0.1, 0.15) is 18.4 Å². The van der Waals surface area contributed by atoms with E-state index >= 15 is 0 Å². The van der Waals surface area contributed by atoms with Crippen LogP contribution in [0, 0.1) is 0 Å². The number of thioether (sulfide) groups is 1. The smallest absolute Gasteiger partial charge is 0.316 e. The van der Waals surface area contributed by atoms with Gasteiger partial charge in [0.05, 0.1) is 0 Å². The maximum Gasteiger partial charge on any atom is 0.316 e. The second-order valence-corrected chi connectivity index (χ2v) is 5.36. The van der Waals surface area contributed by atoms with Crippen molar-refractivity contribution in [2.24, 2.45) is 0 Å². The van der Waals surface area contributed by atoms with Crippen LogP contribution in [0.5, 0.6) is 0 Å². The summed E-state index contributed by atoms with van der Waals surface area (Å²) in [6, 6.07) is 9.84. The maximum absolute atomic E-state index is 11.0. The van der Waals surface area contributed by atoms with E-state index < -0.39 is 5.97 Å². The molecule has 80 valence electrons. The molecular formula is C12H14O2S. The first-order valence-corrected chi connectivity index (χ1v) is 6.12. The minimum absolute atomic E-state index is 0.278. The summed E-state index contributed by atoms with van der Waals surface area (Å²) >= 11 is 1.61. The van der Waals surface area contributed by atoms with E-state index in [1.54, 1.807) is 11.8 Å². The summed E-state index contributed by atoms with van der Waals surface area (Å²) in [7, 11) is 0. The van der Waals surface area contributed by atoms with E-state index in [0.717, 1.165) is 5.56 Å². The van der Waals surface area contributed by atoms with E-state index in [4.69, 9.17) is 5.11 Å². The molecule has 2 rings (SSSR count). The Labute approximate surface area is 93.7 Å². The zero-order valence-electron chi connectivity index (χ0n) is 8.43. The van der Waals surface area contributed by atoms with Gasteiger partial charge in [-0.25, -0.2) is 0 Å². The van der Waals surface area contributed by atoms with Gasteiger partial charge in [0, 0.05) is 5.25 Å². The molecule has 0 aliphatic heterocycles. The first-order valence-electron chi connectivity index (χ1n) is 5.18. The van der Waals surface area contributed by atoms with Gasteiger partial charge in [0.2, 0.25) is 0 Å². The molecule has 1 aromatic carbocycles. The normalized spacial score (nSPS) is 17.3. The largest absolute Gasteiger partial charge is 0.480 e. The van der Waals surface area contributed by atoms with Crippen LogP contribution in [-0.2, 0) is 11.2 Å². The predicted octanol–water partition coefficient (Wildman–Crippen LogP) is 2.58. The van der Waals surface area contributed by atoms with Crippen molar-refractivity contribution in [2.45, 2.75) is 29.8 Å². The molecule has 1 saturated carbocycles. The topological polar surface area (TPSA) is 37.3 Å². The number of hydrogen-bond donors (Lipinski definition) is 1. The highest BCUT2D eigenvalue weighted by Gasteiger charge is 2.29. The van der Waals surface area contributed by atoms with E-state index in [1.807, 2.05) is 30.3 Å². The lowest BCUT2D eigenvalue weighted by Crippen LogP contribution is -2.19. The van der Waals surface area contributed by atoms with Crippen LogP contribution >= 0.6 is 11.8 Å². The van der Waals surface area contributed by atoms with E-state index in [-0.39, 0.29) is 5.25 Å². The quantitative estimate of drug-likeness (QED) is 0.832. The number of carboxylic acids is 1. The predicted molar refractivity (Wildman–Crippen MR) is 62.2 cm³/mol. The van der Waals surface area contributed by atoms with Crippen molar-refractivity contribution in [3.05, 3.63) is 35.9 Å². The fourth-order valence-corrected chi connectivity index (χ4v) is 2.74. The third-order valence-corrected chi connectivity index (χ3v) is 3.97. The standard InChI is InChI=1S/C12H14O2S/c13-12(14)11(15-10-6-7-10)8-9-4-2-1-3-5-9/h1-5,10-11H,6-8H2,(H,13,14). The molecule has 3 heteroatoms. The molecule has 1 unspecified atom stereocenters. The minimum Gasteiger partial charge on any atom is -0.480 e. The summed E-state index contributed by atoms with van der Waals surface area (Å²) in [5, 5.41) is 9.40. The Hall–Kier alpha value is -0.960. The van der Waals surface area contributed by atoms with Gasteiger partial charge in [-0.1, -0.05) is 30.3 Å². The zero-order chi connectivity index (χ0) is 10.7. The van der Waals surface area contributed by atoms with E-state index in [2.05, 4.69) is 0 Å². The Morgan fingerprint density at radius 1 is 1.40 bits per heavy atom. The lowest BCUT2D eigenvalue weighted by Gasteiger charge is -2.11. The van der Waals surface area contributed by atoms with Gasteiger partial charge >= 0.3 is 5.97 Å². The molecule has 1 N–H and O–H groups in total. The van der Waals surface area contributed by atoms with Crippen molar-refractivity contribution in [3.63, 3.8) is 0 Å². The molecule has 1 aromatic rings. The molecular weight excluding hydrogens is 208 g/mol. The third-order valence-electron chi connectivity index (χ3n) is 2.42. The number of benzene rings is 1. The average molecular weight is 222 g/mol. The second kappa shape index (κ2) is 4.71. The van der Waals surface area contributed by atoms with Gasteiger partial charge in [0.25, 0.3) is 0 Å². The average Bonchev–Trinajstić information content (AvgIpc) is 3.02. The Morgan fingerprint density at radius 3 is 2.60 bits per heavy atom. The molecule has 0 heterocycles. The molecule has 0 amide bonds. The Morgan fingerprint density at radius 2 is 2.07 bits per heavy atom. The van der Waals surface area contributed by atoms with Gasteiger partial charge in [-0.2, -0.15) is 0 Å². The fourth-order valence-electron chi connectivity index (χ4n) is 1.46. The molecule has 1 aliphatic carbocycles. The lowest BCUT2D eigenvalue weighted by atomic mass is 10.1. The van der Waals surface area contributed by atoms with Crippen molar-refractivity contribution in [1.82, 2.24) is 0 Å². The summed E-state index contributed by atoms with van der Waals surface area (Å²) in [6.45, 7) is 0. The zero-order valence-corrected chi connectivity index (χ0v) is 9.24. The number of rotatable bonds is 5. The van der Waals surface area contributed by atoms with Gasteiger partial charge in [-0.15, -0.1) is 11.8 Å². The van der Waals surface area contributed by atoms with Crippen molar-refractivity contribution >= 4 is 17.7 Å². The van der Waals surface area contributed by atoms with Crippen LogP contribution in [0.2, 0.25) is 0 Å². The van der Waals surface area contributed by atoms with E-state index in [1.165, 1.54) is 12.8 Å². The molecule has 1 fully saturated rings. The highest BCUT2D eigenvalue weighted by Crippen LogP contribution is 2.37. The highest BCUT2D eigenvalue weighted by molar-refractivity contribution is 8.01. The van der Waals surface area contributed by atoms with Gasteiger partial charge in [-0.05, 0) is 24.8 Å². The molecule has 0 bridgehead atoms. The van der Waals surface area contributed by atoms with Crippen LogP contribution in [0.25, 0.3) is 0 Å². The Kier molecular flexibility index (Phi) is 3.31. The summed E-state index contributed by atoms with van der Waals surface area (Å²) in [4.78, 5) is 11.0. The number of aliphatic carboxylic acids is 1.